The molecule has 0 radical (unpaired) electrons. The van der Waals surface area contributed by atoms with E-state index in [-0.39, 0.29) is 0 Å². The molecule has 2 heterocycles. The zero-order chi connectivity index (χ0) is 14.7. The van der Waals surface area contributed by atoms with Crippen molar-refractivity contribution < 1.29 is 4.74 Å². The lowest BCUT2D eigenvalue weighted by molar-refractivity contribution is 0.345. The third-order valence-corrected chi connectivity index (χ3v) is 4.36. The Hall–Kier alpha value is -1.81. The predicted octanol–water partition coefficient (Wildman–Crippen LogP) is 3.00. The molecule has 1 fully saturated rings. The molecule has 0 amide bonds. The van der Waals surface area contributed by atoms with Gasteiger partial charge in [0.25, 0.3) is 0 Å². The van der Waals surface area contributed by atoms with E-state index in [0.717, 1.165) is 35.4 Å². The summed E-state index contributed by atoms with van der Waals surface area (Å²) in [5, 5.41) is 5.77. The van der Waals surface area contributed by atoms with Crippen molar-refractivity contribution in [1.29, 1.82) is 0 Å². The summed E-state index contributed by atoms with van der Waals surface area (Å²) in [5.41, 5.74) is 0. The molecule has 1 N–H and O–H groups in total. The number of anilines is 1. The molecule has 2 aromatic rings. The van der Waals surface area contributed by atoms with Gasteiger partial charge in [-0.2, -0.15) is 0 Å². The van der Waals surface area contributed by atoms with Crippen LogP contribution in [0, 0.1) is 5.92 Å². The van der Waals surface area contributed by atoms with Crippen LogP contribution in [0.3, 0.4) is 0 Å². The Morgan fingerprint density at radius 1 is 1.33 bits per heavy atom. The van der Waals surface area contributed by atoms with Crippen LogP contribution in [0.1, 0.15) is 13.3 Å². The molecule has 3 rings (SSSR count). The van der Waals surface area contributed by atoms with Gasteiger partial charge < -0.3 is 15.0 Å². The van der Waals surface area contributed by atoms with E-state index >= 15 is 0 Å². The molecule has 0 spiro atoms. The van der Waals surface area contributed by atoms with Gasteiger partial charge in [-0.3, -0.25) is 0 Å². The number of fused-ring (bicyclic) bond motifs is 1. The minimum atomic E-state index is 0.715. The second-order valence-corrected chi connectivity index (χ2v) is 5.64. The number of rotatable bonds is 5. The van der Waals surface area contributed by atoms with Crippen molar-refractivity contribution in [2.24, 2.45) is 5.92 Å². The maximum Gasteiger partial charge on any atom is 0.133 e. The highest BCUT2D eigenvalue weighted by atomic mass is 16.5. The number of methoxy groups -OCH3 is 1. The summed E-state index contributed by atoms with van der Waals surface area (Å²) in [6.07, 6.45) is 3.12. The lowest BCUT2D eigenvalue weighted by Gasteiger charge is -2.15. The van der Waals surface area contributed by atoms with Crippen LogP contribution < -0.4 is 10.1 Å². The van der Waals surface area contributed by atoms with E-state index in [2.05, 4.69) is 28.2 Å². The quantitative estimate of drug-likeness (QED) is 0.916. The summed E-state index contributed by atoms with van der Waals surface area (Å²) in [6.45, 7) is 6.78. The minimum absolute atomic E-state index is 0.715. The first-order valence-corrected chi connectivity index (χ1v) is 7.69. The number of likely N-dealkylation sites (tertiary alicyclic amines) is 1. The van der Waals surface area contributed by atoms with E-state index in [1.807, 2.05) is 24.4 Å². The van der Waals surface area contributed by atoms with E-state index in [0.29, 0.717) is 5.92 Å². The molecule has 1 aliphatic rings. The average molecular weight is 285 g/mol. The van der Waals surface area contributed by atoms with Gasteiger partial charge in [-0.1, -0.05) is 19.1 Å². The number of benzene rings is 1. The maximum absolute atomic E-state index is 5.43. The van der Waals surface area contributed by atoms with E-state index in [4.69, 9.17) is 4.74 Å². The number of nitrogens with one attached hydrogen (secondary N) is 1. The summed E-state index contributed by atoms with van der Waals surface area (Å²) >= 11 is 0. The van der Waals surface area contributed by atoms with E-state index < -0.39 is 0 Å². The van der Waals surface area contributed by atoms with Gasteiger partial charge >= 0.3 is 0 Å². The Bertz CT molecular complexity index is 614. The van der Waals surface area contributed by atoms with Gasteiger partial charge in [0.2, 0.25) is 0 Å². The number of aromatic nitrogens is 1. The first kappa shape index (κ1) is 14.1. The molecule has 0 aliphatic carbocycles. The van der Waals surface area contributed by atoms with Crippen LogP contribution in [0.4, 0.5) is 5.82 Å². The molecular formula is C17H23N3O. The second kappa shape index (κ2) is 6.31. The highest BCUT2D eigenvalue weighted by Gasteiger charge is 2.21. The van der Waals surface area contributed by atoms with Crippen molar-refractivity contribution in [3.8, 4) is 5.75 Å². The van der Waals surface area contributed by atoms with Crippen molar-refractivity contribution in [3.63, 3.8) is 0 Å². The molecular weight excluding hydrogens is 262 g/mol. The summed E-state index contributed by atoms with van der Waals surface area (Å²) in [5.74, 6) is 2.57. The minimum Gasteiger partial charge on any atom is -0.496 e. The fourth-order valence-electron chi connectivity index (χ4n) is 3.10. The van der Waals surface area contributed by atoms with Gasteiger partial charge in [0.15, 0.2) is 0 Å². The SMILES string of the molecule is CCN1CCC(CNc2nccc3c(OC)cccc23)C1. The lowest BCUT2D eigenvalue weighted by Crippen LogP contribution is -2.22. The second-order valence-electron chi connectivity index (χ2n) is 5.64. The van der Waals surface area contributed by atoms with Crippen molar-refractivity contribution in [1.82, 2.24) is 9.88 Å². The first-order valence-electron chi connectivity index (χ1n) is 7.69. The highest BCUT2D eigenvalue weighted by Crippen LogP contribution is 2.29. The van der Waals surface area contributed by atoms with Crippen molar-refractivity contribution in [2.75, 3.05) is 38.6 Å². The Kier molecular flexibility index (Phi) is 4.25. The first-order chi connectivity index (χ1) is 10.3. The molecule has 1 aliphatic heterocycles. The molecule has 4 nitrogen and oxygen atoms in total. The average Bonchev–Trinajstić information content (AvgIpc) is 3.00. The summed E-state index contributed by atoms with van der Waals surface area (Å²) in [6, 6.07) is 8.11. The van der Waals surface area contributed by atoms with Gasteiger partial charge in [-0.25, -0.2) is 4.98 Å². The molecule has 112 valence electrons. The smallest absolute Gasteiger partial charge is 0.133 e. The summed E-state index contributed by atoms with van der Waals surface area (Å²) in [4.78, 5) is 7.01. The van der Waals surface area contributed by atoms with Crippen LogP contribution in [0.5, 0.6) is 5.75 Å². The van der Waals surface area contributed by atoms with Crippen LogP contribution in [0.2, 0.25) is 0 Å². The fourth-order valence-corrected chi connectivity index (χ4v) is 3.10. The Morgan fingerprint density at radius 3 is 3.00 bits per heavy atom. The number of hydrogen-bond acceptors (Lipinski definition) is 4. The number of hydrogen-bond donors (Lipinski definition) is 1. The fraction of sp³-hybridized carbons (Fsp3) is 0.471. The third-order valence-electron chi connectivity index (χ3n) is 4.36. The highest BCUT2D eigenvalue weighted by molar-refractivity contribution is 5.95. The van der Waals surface area contributed by atoms with Crippen molar-refractivity contribution in [2.45, 2.75) is 13.3 Å². The van der Waals surface area contributed by atoms with E-state index in [9.17, 15) is 0 Å². The van der Waals surface area contributed by atoms with Crippen molar-refractivity contribution in [3.05, 3.63) is 30.5 Å². The van der Waals surface area contributed by atoms with Crippen LogP contribution in [-0.2, 0) is 0 Å². The maximum atomic E-state index is 5.43. The third kappa shape index (κ3) is 2.95. The van der Waals surface area contributed by atoms with Crippen LogP contribution >= 0.6 is 0 Å². The van der Waals surface area contributed by atoms with Gasteiger partial charge in [0.1, 0.15) is 11.6 Å². The number of pyridine rings is 1. The monoisotopic (exact) mass is 285 g/mol. The molecule has 21 heavy (non-hydrogen) atoms. The zero-order valence-corrected chi connectivity index (χ0v) is 12.8. The topological polar surface area (TPSA) is 37.4 Å². The molecule has 1 unspecified atom stereocenters. The standard InChI is InChI=1S/C17H23N3O/c1-3-20-10-8-13(12-20)11-19-17-15-5-4-6-16(21-2)14(15)7-9-18-17/h4-7,9,13H,3,8,10-12H2,1-2H3,(H,18,19). The number of nitrogens with zero attached hydrogens (tertiary/aromatic N) is 2. The van der Waals surface area contributed by atoms with Gasteiger partial charge in [0.05, 0.1) is 7.11 Å². The largest absolute Gasteiger partial charge is 0.496 e. The molecule has 0 saturated carbocycles. The van der Waals surface area contributed by atoms with Gasteiger partial charge in [-0.15, -0.1) is 0 Å². The number of ether oxygens (including phenoxy) is 1. The van der Waals surface area contributed by atoms with Crippen molar-refractivity contribution >= 4 is 16.6 Å². The summed E-state index contributed by atoms with van der Waals surface area (Å²) < 4.78 is 5.43. The van der Waals surface area contributed by atoms with Gasteiger partial charge in [-0.05, 0) is 37.6 Å². The van der Waals surface area contributed by atoms with E-state index in [1.54, 1.807) is 7.11 Å². The van der Waals surface area contributed by atoms with Crippen LogP contribution in [0.15, 0.2) is 30.5 Å². The lowest BCUT2D eigenvalue weighted by atomic mass is 10.1. The summed E-state index contributed by atoms with van der Waals surface area (Å²) in [7, 11) is 1.71. The molecule has 1 aromatic heterocycles. The zero-order valence-electron chi connectivity index (χ0n) is 12.8. The molecule has 1 aromatic carbocycles. The van der Waals surface area contributed by atoms with Crippen LogP contribution in [-0.4, -0.2) is 43.2 Å². The molecule has 4 heteroatoms. The Balaban J connectivity index is 1.75. The normalized spacial score (nSPS) is 19.0. The predicted molar refractivity (Wildman–Crippen MR) is 87.0 cm³/mol. The molecule has 0 bridgehead atoms. The molecule has 1 atom stereocenters. The Morgan fingerprint density at radius 2 is 2.24 bits per heavy atom. The Labute approximate surface area is 126 Å². The van der Waals surface area contributed by atoms with Crippen LogP contribution in [0.25, 0.3) is 10.8 Å². The molecule has 1 saturated heterocycles. The van der Waals surface area contributed by atoms with E-state index in [1.165, 1.54) is 19.5 Å². The van der Waals surface area contributed by atoms with Gasteiger partial charge in [0, 0.05) is 30.1 Å².